The van der Waals surface area contributed by atoms with E-state index in [-0.39, 0.29) is 24.8 Å². The molecule has 4 aromatic carbocycles. The molecular formula is C33H32N2O4. The summed E-state index contributed by atoms with van der Waals surface area (Å²) in [5, 5.41) is 12.3. The van der Waals surface area contributed by atoms with Crippen LogP contribution in [0.5, 0.6) is 0 Å². The summed E-state index contributed by atoms with van der Waals surface area (Å²) >= 11 is 0. The minimum absolute atomic E-state index is 0.0913. The van der Waals surface area contributed by atoms with Gasteiger partial charge < -0.3 is 15.3 Å². The van der Waals surface area contributed by atoms with E-state index in [4.69, 9.17) is 0 Å². The molecule has 0 saturated carbocycles. The Morgan fingerprint density at radius 1 is 0.692 bits per heavy atom. The first-order chi connectivity index (χ1) is 18.9. The fourth-order valence-electron chi connectivity index (χ4n) is 4.43. The number of aryl methyl sites for hydroxylation is 1. The Labute approximate surface area is 228 Å². The van der Waals surface area contributed by atoms with Gasteiger partial charge in [-0.2, -0.15) is 0 Å². The number of hydrogen-bond acceptors (Lipinski definition) is 3. The van der Waals surface area contributed by atoms with Crippen molar-refractivity contribution < 1.29 is 19.5 Å². The lowest BCUT2D eigenvalue weighted by Gasteiger charge is -2.24. The van der Waals surface area contributed by atoms with Crippen molar-refractivity contribution in [1.29, 1.82) is 0 Å². The van der Waals surface area contributed by atoms with Crippen LogP contribution < -0.4 is 5.32 Å². The standard InChI is InChI=1S/C33H32N2O4/c1-24-15-17-26(18-16-24)23-34-32(38)29-13-7-5-11-27(29)28-12-6-8-14-30(28)33(39)35(22-20-31(36)37)21-19-25-9-3-2-4-10-25/h2-18H,19-23H2,1H3,(H,34,38)(H,36,37). The third-order valence-electron chi connectivity index (χ3n) is 6.59. The summed E-state index contributed by atoms with van der Waals surface area (Å²) in [6.07, 6.45) is 0.451. The van der Waals surface area contributed by atoms with E-state index in [9.17, 15) is 19.5 Å². The fourth-order valence-corrected chi connectivity index (χ4v) is 4.43. The van der Waals surface area contributed by atoms with Gasteiger partial charge in [-0.25, -0.2) is 0 Å². The molecule has 4 rings (SSSR count). The molecule has 0 aliphatic rings. The van der Waals surface area contributed by atoms with Crippen LogP contribution in [-0.4, -0.2) is 40.9 Å². The van der Waals surface area contributed by atoms with Gasteiger partial charge in [-0.3, -0.25) is 14.4 Å². The van der Waals surface area contributed by atoms with Gasteiger partial charge in [0.05, 0.1) is 6.42 Å². The molecule has 6 nitrogen and oxygen atoms in total. The molecule has 0 radical (unpaired) electrons. The number of nitrogens with zero attached hydrogens (tertiary/aromatic N) is 1. The maximum absolute atomic E-state index is 13.8. The second kappa shape index (κ2) is 13.2. The van der Waals surface area contributed by atoms with E-state index in [1.165, 1.54) is 0 Å². The number of carbonyl (C=O) groups is 3. The second-order valence-corrected chi connectivity index (χ2v) is 9.43. The summed E-state index contributed by atoms with van der Waals surface area (Å²) in [6, 6.07) is 32.1. The highest BCUT2D eigenvalue weighted by molar-refractivity contribution is 6.06. The minimum atomic E-state index is -0.962. The monoisotopic (exact) mass is 520 g/mol. The third-order valence-corrected chi connectivity index (χ3v) is 6.59. The maximum Gasteiger partial charge on any atom is 0.305 e. The highest BCUT2D eigenvalue weighted by Gasteiger charge is 2.22. The van der Waals surface area contributed by atoms with Crippen molar-refractivity contribution in [1.82, 2.24) is 10.2 Å². The zero-order valence-corrected chi connectivity index (χ0v) is 22.0. The van der Waals surface area contributed by atoms with E-state index in [0.717, 1.165) is 16.7 Å². The van der Waals surface area contributed by atoms with Crippen LogP contribution in [0.1, 0.15) is 43.8 Å². The second-order valence-electron chi connectivity index (χ2n) is 9.43. The summed E-state index contributed by atoms with van der Waals surface area (Å²) in [6.45, 7) is 2.87. The van der Waals surface area contributed by atoms with E-state index in [2.05, 4.69) is 5.32 Å². The zero-order valence-electron chi connectivity index (χ0n) is 22.0. The van der Waals surface area contributed by atoms with Gasteiger partial charge in [-0.1, -0.05) is 96.6 Å². The van der Waals surface area contributed by atoms with Crippen molar-refractivity contribution in [3.63, 3.8) is 0 Å². The molecule has 2 amide bonds. The number of hydrogen-bond donors (Lipinski definition) is 2. The van der Waals surface area contributed by atoms with Crippen LogP contribution in [0.25, 0.3) is 11.1 Å². The molecule has 4 aromatic rings. The average molecular weight is 521 g/mol. The van der Waals surface area contributed by atoms with Gasteiger partial charge in [0.15, 0.2) is 0 Å². The lowest BCUT2D eigenvalue weighted by Crippen LogP contribution is -2.35. The Hall–Kier alpha value is -4.71. The van der Waals surface area contributed by atoms with Gasteiger partial charge >= 0.3 is 5.97 Å². The topological polar surface area (TPSA) is 86.7 Å². The van der Waals surface area contributed by atoms with Crippen LogP contribution in [0.2, 0.25) is 0 Å². The highest BCUT2D eigenvalue weighted by Crippen LogP contribution is 2.28. The summed E-state index contributed by atoms with van der Waals surface area (Å²) in [7, 11) is 0. The Balaban J connectivity index is 1.60. The molecule has 198 valence electrons. The number of carboxylic acids is 1. The first-order valence-corrected chi connectivity index (χ1v) is 13.0. The molecule has 0 aromatic heterocycles. The van der Waals surface area contributed by atoms with Gasteiger partial charge in [-0.15, -0.1) is 0 Å². The zero-order chi connectivity index (χ0) is 27.6. The van der Waals surface area contributed by atoms with Gasteiger partial charge in [0.25, 0.3) is 11.8 Å². The fraction of sp³-hybridized carbons (Fsp3) is 0.182. The molecular weight excluding hydrogens is 488 g/mol. The van der Waals surface area contributed by atoms with Crippen LogP contribution in [0.3, 0.4) is 0 Å². The molecule has 39 heavy (non-hydrogen) atoms. The summed E-state index contributed by atoms with van der Waals surface area (Å²) < 4.78 is 0. The average Bonchev–Trinajstić information content (AvgIpc) is 2.97. The van der Waals surface area contributed by atoms with Crippen molar-refractivity contribution >= 4 is 17.8 Å². The maximum atomic E-state index is 13.8. The normalized spacial score (nSPS) is 10.6. The predicted molar refractivity (Wildman–Crippen MR) is 153 cm³/mol. The van der Waals surface area contributed by atoms with Crippen LogP contribution in [0, 0.1) is 6.92 Å². The van der Waals surface area contributed by atoms with Gasteiger partial charge in [0.1, 0.15) is 0 Å². The lowest BCUT2D eigenvalue weighted by molar-refractivity contribution is -0.137. The molecule has 0 aliphatic heterocycles. The van der Waals surface area contributed by atoms with Crippen molar-refractivity contribution in [3.8, 4) is 11.1 Å². The molecule has 2 N–H and O–H groups in total. The van der Waals surface area contributed by atoms with E-state index >= 15 is 0 Å². The van der Waals surface area contributed by atoms with E-state index in [1.807, 2.05) is 85.8 Å². The number of carbonyl (C=O) groups excluding carboxylic acids is 2. The van der Waals surface area contributed by atoms with Gasteiger partial charge in [0, 0.05) is 30.8 Å². The van der Waals surface area contributed by atoms with Crippen LogP contribution in [0.4, 0.5) is 0 Å². The van der Waals surface area contributed by atoms with Crippen molar-refractivity contribution in [2.75, 3.05) is 13.1 Å². The Morgan fingerprint density at radius 3 is 1.95 bits per heavy atom. The first kappa shape index (κ1) is 27.3. The van der Waals surface area contributed by atoms with Crippen LogP contribution >= 0.6 is 0 Å². The summed E-state index contributed by atoms with van der Waals surface area (Å²) in [5.41, 5.74) is 5.37. The summed E-state index contributed by atoms with van der Waals surface area (Å²) in [4.78, 5) is 40.0. The number of rotatable bonds is 11. The Bertz CT molecular complexity index is 1430. The largest absolute Gasteiger partial charge is 0.481 e. The molecule has 0 fully saturated rings. The van der Waals surface area contributed by atoms with Crippen molar-refractivity contribution in [2.24, 2.45) is 0 Å². The minimum Gasteiger partial charge on any atom is -0.481 e. The van der Waals surface area contributed by atoms with Crippen LogP contribution in [0.15, 0.2) is 103 Å². The van der Waals surface area contributed by atoms with E-state index < -0.39 is 5.97 Å². The highest BCUT2D eigenvalue weighted by atomic mass is 16.4. The van der Waals surface area contributed by atoms with Gasteiger partial charge in [0.2, 0.25) is 0 Å². The smallest absolute Gasteiger partial charge is 0.305 e. The molecule has 0 heterocycles. The third kappa shape index (κ3) is 7.42. The quantitative estimate of drug-likeness (QED) is 0.264. The molecule has 0 unspecified atom stereocenters. The van der Waals surface area contributed by atoms with Crippen LogP contribution in [-0.2, 0) is 17.8 Å². The number of benzene rings is 4. The molecule has 0 atom stereocenters. The van der Waals surface area contributed by atoms with Crippen molar-refractivity contribution in [3.05, 3.63) is 131 Å². The Morgan fingerprint density at radius 2 is 1.28 bits per heavy atom. The lowest BCUT2D eigenvalue weighted by atomic mass is 9.94. The Kier molecular flexibility index (Phi) is 9.25. The van der Waals surface area contributed by atoms with Gasteiger partial charge in [-0.05, 0) is 47.7 Å². The van der Waals surface area contributed by atoms with E-state index in [0.29, 0.717) is 41.8 Å². The molecule has 0 bridgehead atoms. The van der Waals surface area contributed by atoms with E-state index in [1.54, 1.807) is 29.2 Å². The summed E-state index contributed by atoms with van der Waals surface area (Å²) in [5.74, 6) is -1.46. The molecule has 6 heteroatoms. The van der Waals surface area contributed by atoms with Crippen molar-refractivity contribution in [2.45, 2.75) is 26.3 Å². The number of carboxylic acid groups (broad SMARTS) is 1. The number of amides is 2. The predicted octanol–water partition coefficient (Wildman–Crippen LogP) is 5.75. The SMILES string of the molecule is Cc1ccc(CNC(=O)c2ccccc2-c2ccccc2C(=O)N(CCC(=O)O)CCc2ccccc2)cc1. The number of nitrogens with one attached hydrogen (secondary N) is 1. The molecule has 0 aliphatic carbocycles. The molecule has 0 spiro atoms. The number of aliphatic carboxylic acids is 1. The first-order valence-electron chi connectivity index (χ1n) is 13.0. The molecule has 0 saturated heterocycles.